The molecule has 0 amide bonds. The van der Waals surface area contributed by atoms with Gasteiger partial charge in [0.2, 0.25) is 0 Å². The van der Waals surface area contributed by atoms with Crippen molar-refractivity contribution in [1.29, 1.82) is 0 Å². The van der Waals surface area contributed by atoms with Crippen molar-refractivity contribution in [2.24, 2.45) is 0 Å². The lowest BCUT2D eigenvalue weighted by atomic mass is 9.87. The number of aromatic nitrogens is 2. The zero-order valence-corrected chi connectivity index (χ0v) is 28.8. The van der Waals surface area contributed by atoms with Crippen molar-refractivity contribution in [3.05, 3.63) is 205 Å². The van der Waals surface area contributed by atoms with Crippen LogP contribution in [0, 0.1) is 0 Å². The zero-order chi connectivity index (χ0) is 34.9. The molecule has 0 N–H and O–H groups in total. The molecule has 248 valence electrons. The molecule has 1 aliphatic carbocycles. The number of hydrogen-bond donors (Lipinski definition) is 0. The van der Waals surface area contributed by atoms with E-state index in [0.29, 0.717) is 0 Å². The van der Waals surface area contributed by atoms with Crippen molar-refractivity contribution >= 4 is 33.0 Å². The lowest BCUT2D eigenvalue weighted by Gasteiger charge is -2.16. The van der Waals surface area contributed by atoms with Crippen LogP contribution in [0.3, 0.4) is 0 Å². The molecule has 0 radical (unpaired) electrons. The summed E-state index contributed by atoms with van der Waals surface area (Å²) in [5.41, 5.74) is 17.2. The van der Waals surface area contributed by atoms with Gasteiger partial charge in [0, 0.05) is 33.5 Å². The van der Waals surface area contributed by atoms with Crippen LogP contribution < -0.4 is 0 Å². The third-order valence-electron chi connectivity index (χ3n) is 10.9. The van der Waals surface area contributed by atoms with Gasteiger partial charge >= 0.3 is 0 Å². The molecule has 0 aliphatic heterocycles. The number of hydrogen-bond acceptors (Lipinski definition) is 2. The minimum absolute atomic E-state index is 0.0562. The predicted octanol–water partition coefficient (Wildman–Crippen LogP) is 13.1. The van der Waals surface area contributed by atoms with Crippen LogP contribution in [-0.4, -0.2) is 9.55 Å². The summed E-state index contributed by atoms with van der Waals surface area (Å²) < 4.78 is 9.13. The monoisotopic (exact) mass is 676 g/mol. The smallest absolute Gasteiger partial charge is 0.145 e. The third-order valence-corrected chi connectivity index (χ3v) is 10.9. The van der Waals surface area contributed by atoms with Gasteiger partial charge in [-0.2, -0.15) is 0 Å². The number of nitrogens with zero attached hydrogens (tertiary/aromatic N) is 2. The van der Waals surface area contributed by atoms with E-state index in [1.165, 1.54) is 38.9 Å². The Morgan fingerprint density at radius 1 is 0.453 bits per heavy atom. The van der Waals surface area contributed by atoms with E-state index in [2.05, 4.69) is 180 Å². The van der Waals surface area contributed by atoms with Gasteiger partial charge in [-0.15, -0.1) is 0 Å². The first-order valence-corrected chi connectivity index (χ1v) is 18.2. The van der Waals surface area contributed by atoms with Crippen molar-refractivity contribution in [3.8, 4) is 50.5 Å². The van der Waals surface area contributed by atoms with Gasteiger partial charge in [-0.1, -0.05) is 152 Å². The average molecular weight is 677 g/mol. The van der Waals surface area contributed by atoms with Gasteiger partial charge in [-0.25, -0.2) is 4.98 Å². The van der Waals surface area contributed by atoms with Crippen LogP contribution in [0.1, 0.15) is 22.6 Å². The lowest BCUT2D eigenvalue weighted by Crippen LogP contribution is -2.00. The minimum Gasteiger partial charge on any atom is -0.456 e. The summed E-state index contributed by atoms with van der Waals surface area (Å²) in [5, 5.41) is 2.27. The molecule has 10 aromatic rings. The number of imidazole rings is 1. The van der Waals surface area contributed by atoms with Crippen molar-refractivity contribution in [1.82, 2.24) is 9.55 Å². The highest BCUT2D eigenvalue weighted by atomic mass is 16.3. The summed E-state index contributed by atoms with van der Waals surface area (Å²) >= 11 is 0. The first kappa shape index (κ1) is 29.7. The van der Waals surface area contributed by atoms with Gasteiger partial charge in [0.1, 0.15) is 17.0 Å². The fraction of sp³-hybridized carbons (Fsp3) is 0.0200. The van der Waals surface area contributed by atoms with Gasteiger partial charge in [0.15, 0.2) is 0 Å². The quantitative estimate of drug-likeness (QED) is 0.182. The second kappa shape index (κ2) is 11.8. The maximum Gasteiger partial charge on any atom is 0.145 e. The second-order valence-electron chi connectivity index (χ2n) is 13.9. The molecule has 0 bridgehead atoms. The first-order valence-electron chi connectivity index (χ1n) is 18.2. The molecule has 3 nitrogen and oxygen atoms in total. The second-order valence-corrected chi connectivity index (χ2v) is 13.9. The van der Waals surface area contributed by atoms with Crippen LogP contribution in [0.5, 0.6) is 0 Å². The van der Waals surface area contributed by atoms with Gasteiger partial charge in [0.25, 0.3) is 0 Å². The Labute approximate surface area is 307 Å². The molecule has 1 unspecified atom stereocenters. The van der Waals surface area contributed by atoms with E-state index in [-0.39, 0.29) is 5.92 Å². The van der Waals surface area contributed by atoms with Crippen LogP contribution in [0.2, 0.25) is 0 Å². The van der Waals surface area contributed by atoms with Crippen molar-refractivity contribution in [3.63, 3.8) is 0 Å². The maximum absolute atomic E-state index is 6.88. The summed E-state index contributed by atoms with van der Waals surface area (Å²) in [6, 6.07) is 67.1. The Kier molecular flexibility index (Phi) is 6.62. The van der Waals surface area contributed by atoms with E-state index in [0.717, 1.165) is 61.2 Å². The van der Waals surface area contributed by atoms with Crippen molar-refractivity contribution in [2.75, 3.05) is 0 Å². The van der Waals surface area contributed by atoms with Gasteiger partial charge in [-0.3, -0.25) is 4.57 Å². The van der Waals surface area contributed by atoms with Crippen LogP contribution >= 0.6 is 0 Å². The summed E-state index contributed by atoms with van der Waals surface area (Å²) in [6.45, 7) is 0. The van der Waals surface area contributed by atoms with Gasteiger partial charge in [0.05, 0.1) is 11.0 Å². The Bertz CT molecular complexity index is 2990. The highest BCUT2D eigenvalue weighted by Crippen LogP contribution is 2.51. The number of rotatable bonds is 5. The fourth-order valence-electron chi connectivity index (χ4n) is 8.55. The standard InChI is InChI=1S/C50H32N2O/c1-3-13-32(14-4-1)35-29-30-39-38-17-7-8-18-40(38)47(43(39)31-35)41-20-11-21-42-48-37(19-12-24-46(48)53-49(41)42)33-25-27-34(28-26-33)50-51-44-22-9-10-23-45(44)52(50)36-15-5-2-6-16-36/h1-31,47H. The fourth-order valence-corrected chi connectivity index (χ4v) is 8.55. The zero-order valence-electron chi connectivity index (χ0n) is 28.8. The molecule has 0 saturated heterocycles. The third kappa shape index (κ3) is 4.64. The van der Waals surface area contributed by atoms with E-state index >= 15 is 0 Å². The highest BCUT2D eigenvalue weighted by Gasteiger charge is 2.32. The molecule has 3 heteroatoms. The maximum atomic E-state index is 6.88. The van der Waals surface area contributed by atoms with E-state index < -0.39 is 0 Å². The molecule has 11 rings (SSSR count). The number of furan rings is 1. The van der Waals surface area contributed by atoms with Crippen LogP contribution in [0.4, 0.5) is 0 Å². The van der Waals surface area contributed by atoms with E-state index in [1.807, 2.05) is 12.1 Å². The molecule has 53 heavy (non-hydrogen) atoms. The Morgan fingerprint density at radius 3 is 1.98 bits per heavy atom. The molecular weight excluding hydrogens is 645 g/mol. The van der Waals surface area contributed by atoms with E-state index in [1.54, 1.807) is 0 Å². The molecule has 2 heterocycles. The first-order chi connectivity index (χ1) is 26.3. The number of fused-ring (bicyclic) bond motifs is 7. The topological polar surface area (TPSA) is 31.0 Å². The van der Waals surface area contributed by atoms with E-state index in [4.69, 9.17) is 9.40 Å². The average Bonchev–Trinajstić information content (AvgIpc) is 3.91. The molecule has 0 saturated carbocycles. The summed E-state index contributed by atoms with van der Waals surface area (Å²) in [5.74, 6) is 0.980. The largest absolute Gasteiger partial charge is 0.456 e. The normalized spacial score (nSPS) is 13.5. The highest BCUT2D eigenvalue weighted by molar-refractivity contribution is 6.13. The SMILES string of the molecule is c1ccc(-c2ccc3c(c2)C(c2cccc4c2oc2cccc(-c5ccc(-c6nc7ccccc7n6-c6ccccc6)cc5)c24)c2ccccc2-3)cc1. The van der Waals surface area contributed by atoms with Crippen molar-refractivity contribution < 1.29 is 4.42 Å². The minimum atomic E-state index is 0.0562. The Hall–Kier alpha value is -6.97. The summed E-state index contributed by atoms with van der Waals surface area (Å²) in [7, 11) is 0. The number of benzene rings is 8. The van der Waals surface area contributed by atoms with Crippen LogP contribution in [0.25, 0.3) is 83.4 Å². The Morgan fingerprint density at radius 2 is 1.11 bits per heavy atom. The molecule has 0 fully saturated rings. The van der Waals surface area contributed by atoms with Crippen molar-refractivity contribution in [2.45, 2.75) is 5.92 Å². The molecule has 1 atom stereocenters. The summed E-state index contributed by atoms with van der Waals surface area (Å²) in [6.07, 6.45) is 0. The molecule has 8 aromatic carbocycles. The van der Waals surface area contributed by atoms with Crippen LogP contribution in [-0.2, 0) is 0 Å². The van der Waals surface area contributed by atoms with Gasteiger partial charge in [-0.05, 0) is 80.9 Å². The molecule has 1 aliphatic rings. The predicted molar refractivity (Wildman–Crippen MR) is 217 cm³/mol. The number of para-hydroxylation sites is 4. The van der Waals surface area contributed by atoms with Crippen LogP contribution in [0.15, 0.2) is 192 Å². The summed E-state index contributed by atoms with van der Waals surface area (Å²) in [4.78, 5) is 5.09. The molecule has 0 spiro atoms. The van der Waals surface area contributed by atoms with E-state index in [9.17, 15) is 0 Å². The molecular formula is C50H32N2O. The Balaban J connectivity index is 1.05. The molecule has 2 aromatic heterocycles. The lowest BCUT2D eigenvalue weighted by molar-refractivity contribution is 0.661. The van der Waals surface area contributed by atoms with Gasteiger partial charge < -0.3 is 4.42 Å².